The van der Waals surface area contributed by atoms with Gasteiger partial charge in [0, 0.05) is 16.6 Å². The van der Waals surface area contributed by atoms with Crippen LogP contribution in [0, 0.1) is 0 Å². The van der Waals surface area contributed by atoms with E-state index < -0.39 is 0 Å². The lowest BCUT2D eigenvalue weighted by atomic mass is 10.0. The van der Waals surface area contributed by atoms with Crippen LogP contribution in [-0.2, 0) is 13.0 Å². The van der Waals surface area contributed by atoms with Gasteiger partial charge in [0.1, 0.15) is 5.69 Å². The molecule has 0 saturated heterocycles. The Hall–Kier alpha value is -1.49. The Morgan fingerprint density at radius 2 is 1.82 bits per heavy atom. The maximum atomic E-state index is 12.9. The number of carbonyl (C=O) groups excluding carboxylic acids is 1. The van der Waals surface area contributed by atoms with E-state index in [1.54, 1.807) is 4.68 Å². The molecule has 0 aliphatic heterocycles. The summed E-state index contributed by atoms with van der Waals surface area (Å²) in [7, 11) is 0. The number of benzene rings is 1. The van der Waals surface area contributed by atoms with Gasteiger partial charge in [-0.15, -0.1) is 5.10 Å². The number of nitrogens with zero attached hydrogens (tertiary/aromatic N) is 3. The van der Waals surface area contributed by atoms with Crippen molar-refractivity contribution in [2.45, 2.75) is 52.5 Å². The second-order valence-electron chi connectivity index (χ2n) is 5.40. The Morgan fingerprint density at radius 1 is 1.14 bits per heavy atom. The molecule has 0 N–H and O–H groups in total. The first-order chi connectivity index (χ1) is 10.7. The maximum Gasteiger partial charge on any atom is 0.212 e. The van der Waals surface area contributed by atoms with Gasteiger partial charge in [-0.25, -0.2) is 4.68 Å². The highest BCUT2D eigenvalue weighted by atomic mass is 79.9. The van der Waals surface area contributed by atoms with Gasteiger partial charge in [0.05, 0.1) is 5.69 Å². The zero-order chi connectivity index (χ0) is 15.9. The average molecular weight is 364 g/mol. The smallest absolute Gasteiger partial charge is 0.212 e. The molecule has 0 saturated carbocycles. The number of hydrogen-bond donors (Lipinski definition) is 0. The van der Waals surface area contributed by atoms with Crippen molar-refractivity contribution >= 4 is 21.7 Å². The Morgan fingerprint density at radius 3 is 2.45 bits per heavy atom. The fraction of sp³-hybridized carbons (Fsp3) is 0.471. The molecule has 22 heavy (non-hydrogen) atoms. The van der Waals surface area contributed by atoms with Crippen molar-refractivity contribution in [2.24, 2.45) is 0 Å². The lowest BCUT2D eigenvalue weighted by Gasteiger charge is -2.07. The van der Waals surface area contributed by atoms with E-state index in [-0.39, 0.29) is 5.78 Å². The number of halogens is 1. The van der Waals surface area contributed by atoms with Crippen molar-refractivity contribution in [1.82, 2.24) is 15.0 Å². The van der Waals surface area contributed by atoms with Crippen molar-refractivity contribution in [3.63, 3.8) is 0 Å². The number of carbonyl (C=O) groups is 1. The van der Waals surface area contributed by atoms with E-state index in [0.29, 0.717) is 11.3 Å². The van der Waals surface area contributed by atoms with E-state index in [2.05, 4.69) is 40.1 Å². The van der Waals surface area contributed by atoms with Crippen LogP contribution in [0.4, 0.5) is 0 Å². The van der Waals surface area contributed by atoms with Crippen LogP contribution in [0.1, 0.15) is 61.3 Å². The molecule has 0 atom stereocenters. The zero-order valence-corrected chi connectivity index (χ0v) is 14.8. The molecule has 1 heterocycles. The molecule has 5 heteroatoms. The topological polar surface area (TPSA) is 47.8 Å². The van der Waals surface area contributed by atoms with Crippen molar-refractivity contribution in [3.05, 3.63) is 45.7 Å². The second-order valence-corrected chi connectivity index (χ2v) is 6.32. The summed E-state index contributed by atoms with van der Waals surface area (Å²) in [6, 6.07) is 7.46. The molecule has 4 nitrogen and oxygen atoms in total. The predicted molar refractivity (Wildman–Crippen MR) is 91.1 cm³/mol. The van der Waals surface area contributed by atoms with E-state index in [1.807, 2.05) is 24.3 Å². The molecule has 2 rings (SSSR count). The highest BCUT2D eigenvalue weighted by Gasteiger charge is 2.21. The third kappa shape index (κ3) is 4.03. The molecule has 0 fully saturated rings. The van der Waals surface area contributed by atoms with Crippen LogP contribution in [0.2, 0.25) is 0 Å². The molecular weight excluding hydrogens is 342 g/mol. The monoisotopic (exact) mass is 363 g/mol. The highest BCUT2D eigenvalue weighted by Crippen LogP contribution is 2.18. The third-order valence-corrected chi connectivity index (χ3v) is 4.15. The lowest BCUT2D eigenvalue weighted by Crippen LogP contribution is -2.13. The van der Waals surface area contributed by atoms with Gasteiger partial charge in [-0.05, 0) is 43.5 Å². The predicted octanol–water partition coefficient (Wildman–Crippen LogP) is 4.41. The average Bonchev–Trinajstić information content (AvgIpc) is 2.93. The Bertz CT molecular complexity index is 594. The van der Waals surface area contributed by atoms with Crippen LogP contribution >= 0.6 is 15.9 Å². The van der Waals surface area contributed by atoms with Gasteiger partial charge in [0.25, 0.3) is 0 Å². The van der Waals surface area contributed by atoms with E-state index in [1.165, 1.54) is 0 Å². The number of rotatable bonds is 8. The second kappa shape index (κ2) is 8.22. The summed E-state index contributed by atoms with van der Waals surface area (Å²) < 4.78 is 2.74. The maximum absolute atomic E-state index is 12.9. The van der Waals surface area contributed by atoms with Crippen LogP contribution < -0.4 is 0 Å². The summed E-state index contributed by atoms with van der Waals surface area (Å²) in [5.41, 5.74) is 2.16. The molecule has 0 amide bonds. The molecule has 0 aliphatic rings. The van der Waals surface area contributed by atoms with Crippen molar-refractivity contribution in [1.29, 1.82) is 0 Å². The van der Waals surface area contributed by atoms with Gasteiger partial charge in [-0.1, -0.05) is 47.8 Å². The SMILES string of the molecule is CCCCc1nnn(CCCC)c1C(=O)c1ccc(Br)cc1. The summed E-state index contributed by atoms with van der Waals surface area (Å²) in [5.74, 6) is 0.0136. The van der Waals surface area contributed by atoms with Crippen LogP contribution in [0.3, 0.4) is 0 Å². The first kappa shape index (κ1) is 16.9. The standard InChI is InChI=1S/C17H22BrN3O/c1-3-5-7-15-16(21(20-19-15)12-6-4-2)17(22)13-8-10-14(18)11-9-13/h8-11H,3-7,12H2,1-2H3. The summed E-state index contributed by atoms with van der Waals surface area (Å²) in [6.45, 7) is 5.01. The van der Waals surface area contributed by atoms with Gasteiger partial charge >= 0.3 is 0 Å². The Kier molecular flexibility index (Phi) is 6.31. The molecule has 118 valence electrons. The summed E-state index contributed by atoms with van der Waals surface area (Å²) in [6.07, 6.45) is 4.97. The largest absolute Gasteiger partial charge is 0.287 e. The number of aryl methyl sites for hydroxylation is 2. The van der Waals surface area contributed by atoms with Crippen LogP contribution in [0.5, 0.6) is 0 Å². The van der Waals surface area contributed by atoms with Crippen molar-refractivity contribution < 1.29 is 4.79 Å². The normalized spacial score (nSPS) is 10.9. The molecule has 0 spiro atoms. The first-order valence-electron chi connectivity index (χ1n) is 7.90. The summed E-state index contributed by atoms with van der Waals surface area (Å²) >= 11 is 3.40. The minimum atomic E-state index is 0.0136. The zero-order valence-electron chi connectivity index (χ0n) is 13.2. The Balaban J connectivity index is 2.33. The van der Waals surface area contributed by atoms with E-state index >= 15 is 0 Å². The van der Waals surface area contributed by atoms with Gasteiger partial charge in [-0.3, -0.25) is 4.79 Å². The van der Waals surface area contributed by atoms with Gasteiger partial charge < -0.3 is 0 Å². The number of ketones is 1. The molecule has 1 aromatic carbocycles. The molecule has 0 radical (unpaired) electrons. The fourth-order valence-corrected chi connectivity index (χ4v) is 2.58. The fourth-order valence-electron chi connectivity index (χ4n) is 2.31. The minimum Gasteiger partial charge on any atom is -0.287 e. The van der Waals surface area contributed by atoms with Crippen LogP contribution in [0.15, 0.2) is 28.7 Å². The van der Waals surface area contributed by atoms with Gasteiger partial charge in [0.15, 0.2) is 0 Å². The van der Waals surface area contributed by atoms with Gasteiger partial charge in [-0.2, -0.15) is 0 Å². The molecule has 0 bridgehead atoms. The van der Waals surface area contributed by atoms with Crippen molar-refractivity contribution in [3.8, 4) is 0 Å². The van der Waals surface area contributed by atoms with E-state index in [4.69, 9.17) is 0 Å². The van der Waals surface area contributed by atoms with Crippen LogP contribution in [0.25, 0.3) is 0 Å². The minimum absolute atomic E-state index is 0.0136. The number of unbranched alkanes of at least 4 members (excludes halogenated alkanes) is 2. The van der Waals surface area contributed by atoms with Gasteiger partial charge in [0.2, 0.25) is 5.78 Å². The highest BCUT2D eigenvalue weighted by molar-refractivity contribution is 9.10. The molecule has 1 aromatic heterocycles. The first-order valence-corrected chi connectivity index (χ1v) is 8.69. The lowest BCUT2D eigenvalue weighted by molar-refractivity contribution is 0.102. The van der Waals surface area contributed by atoms with Crippen LogP contribution in [-0.4, -0.2) is 20.8 Å². The molecular formula is C17H22BrN3O. The Labute approximate surface area is 140 Å². The van der Waals surface area contributed by atoms with Crippen molar-refractivity contribution in [2.75, 3.05) is 0 Å². The van der Waals surface area contributed by atoms with E-state index in [9.17, 15) is 4.79 Å². The quantitative estimate of drug-likeness (QED) is 0.652. The summed E-state index contributed by atoms with van der Waals surface area (Å²) in [5, 5.41) is 8.46. The molecule has 0 aliphatic carbocycles. The third-order valence-electron chi connectivity index (χ3n) is 3.62. The summed E-state index contributed by atoms with van der Waals surface area (Å²) in [4.78, 5) is 12.9. The molecule has 0 unspecified atom stereocenters. The molecule has 2 aromatic rings. The number of aromatic nitrogens is 3. The number of hydrogen-bond acceptors (Lipinski definition) is 3. The van der Waals surface area contributed by atoms with E-state index in [0.717, 1.165) is 48.8 Å².